The molecule has 1 aromatic heterocycles. The van der Waals surface area contributed by atoms with Crippen molar-refractivity contribution >= 4 is 21.4 Å². The van der Waals surface area contributed by atoms with Crippen molar-refractivity contribution in [3.63, 3.8) is 0 Å². The zero-order valence-corrected chi connectivity index (χ0v) is 12.6. The zero-order valence-electron chi connectivity index (χ0n) is 11.0. The number of hydrogen-bond acceptors (Lipinski definition) is 5. The van der Waals surface area contributed by atoms with Gasteiger partial charge in [-0.3, -0.25) is 0 Å². The molecule has 5 nitrogen and oxygen atoms in total. The van der Waals surface area contributed by atoms with Gasteiger partial charge in [-0.25, -0.2) is 12.7 Å². The molecule has 0 saturated heterocycles. The van der Waals surface area contributed by atoms with Crippen molar-refractivity contribution in [3.8, 4) is 0 Å². The summed E-state index contributed by atoms with van der Waals surface area (Å²) in [6, 6.07) is 0. The molecule has 0 aromatic carbocycles. The highest BCUT2D eigenvalue weighted by Crippen LogP contribution is 2.28. The van der Waals surface area contributed by atoms with E-state index in [2.05, 4.69) is 0 Å². The van der Waals surface area contributed by atoms with E-state index >= 15 is 0 Å². The topological polar surface area (TPSA) is 72.6 Å². The minimum Gasteiger partial charge on any atom is -0.385 e. The maximum Gasteiger partial charge on any atom is 0.244 e. The van der Waals surface area contributed by atoms with E-state index in [9.17, 15) is 8.42 Å². The lowest BCUT2D eigenvalue weighted by Crippen LogP contribution is -2.29. The molecule has 0 amide bonds. The number of sulfonamides is 1. The summed E-state index contributed by atoms with van der Waals surface area (Å²) < 4.78 is 31.1. The van der Waals surface area contributed by atoms with Crippen LogP contribution in [0, 0.1) is 6.92 Å². The van der Waals surface area contributed by atoms with Crippen LogP contribution in [0.25, 0.3) is 0 Å². The van der Waals surface area contributed by atoms with Crippen LogP contribution in [0.15, 0.2) is 10.3 Å². The summed E-state index contributed by atoms with van der Waals surface area (Å²) in [5, 5.41) is 1.83. The van der Waals surface area contributed by atoms with Crippen LogP contribution in [0.4, 0.5) is 0 Å². The van der Waals surface area contributed by atoms with Crippen LogP contribution >= 0.6 is 11.3 Å². The standard InChI is InChI=1S/C11H20N2O3S2/c1-9-8-17-10(7-12)11(9)18(14,15)13(2)5-4-6-16-3/h8H,4-7,12H2,1-3H3. The molecule has 0 spiro atoms. The molecule has 2 N–H and O–H groups in total. The molecule has 1 heterocycles. The molecule has 104 valence electrons. The molecular weight excluding hydrogens is 272 g/mol. The number of methoxy groups -OCH3 is 1. The first-order valence-corrected chi connectivity index (χ1v) is 7.99. The molecule has 0 aliphatic heterocycles. The van der Waals surface area contributed by atoms with Gasteiger partial charge in [0, 0.05) is 38.7 Å². The first-order chi connectivity index (χ1) is 8.45. The minimum absolute atomic E-state index is 0.249. The van der Waals surface area contributed by atoms with Gasteiger partial charge in [0.1, 0.15) is 4.90 Å². The van der Waals surface area contributed by atoms with Gasteiger partial charge in [-0.1, -0.05) is 0 Å². The molecule has 0 atom stereocenters. The van der Waals surface area contributed by atoms with Crippen LogP contribution < -0.4 is 5.73 Å². The largest absolute Gasteiger partial charge is 0.385 e. The van der Waals surface area contributed by atoms with Crippen molar-refractivity contribution in [1.29, 1.82) is 0 Å². The Labute approximate surface area is 113 Å². The molecule has 0 aliphatic rings. The van der Waals surface area contributed by atoms with Gasteiger partial charge in [0.05, 0.1) is 0 Å². The molecule has 7 heteroatoms. The Balaban J connectivity index is 2.94. The van der Waals surface area contributed by atoms with Gasteiger partial charge >= 0.3 is 0 Å². The molecule has 0 saturated carbocycles. The fraction of sp³-hybridized carbons (Fsp3) is 0.636. The van der Waals surface area contributed by atoms with Gasteiger partial charge in [-0.15, -0.1) is 11.3 Å². The maximum absolute atomic E-state index is 12.4. The second kappa shape index (κ2) is 6.63. The average Bonchev–Trinajstić information content (AvgIpc) is 2.71. The third-order valence-electron chi connectivity index (χ3n) is 2.66. The zero-order chi connectivity index (χ0) is 13.8. The van der Waals surface area contributed by atoms with Crippen molar-refractivity contribution in [3.05, 3.63) is 15.8 Å². The SMILES string of the molecule is COCCCN(C)S(=O)(=O)c1c(C)csc1CN. The van der Waals surface area contributed by atoms with Gasteiger partial charge in [0.25, 0.3) is 0 Å². The summed E-state index contributed by atoms with van der Waals surface area (Å²) in [5.74, 6) is 0. The van der Waals surface area contributed by atoms with E-state index in [1.54, 1.807) is 21.1 Å². The van der Waals surface area contributed by atoms with Crippen LogP contribution in [-0.4, -0.2) is 40.0 Å². The monoisotopic (exact) mass is 292 g/mol. The summed E-state index contributed by atoms with van der Waals surface area (Å²) in [5.41, 5.74) is 6.35. The van der Waals surface area contributed by atoms with E-state index < -0.39 is 10.0 Å². The van der Waals surface area contributed by atoms with Crippen molar-refractivity contribution in [2.24, 2.45) is 5.73 Å². The van der Waals surface area contributed by atoms with Crippen molar-refractivity contribution in [1.82, 2.24) is 4.31 Å². The van der Waals surface area contributed by atoms with Crippen LogP contribution in [-0.2, 0) is 21.3 Å². The Morgan fingerprint density at radius 2 is 2.17 bits per heavy atom. The predicted molar refractivity (Wildman–Crippen MR) is 73.3 cm³/mol. The van der Waals surface area contributed by atoms with Crippen LogP contribution in [0.1, 0.15) is 16.9 Å². The second-order valence-electron chi connectivity index (χ2n) is 4.05. The Morgan fingerprint density at radius 3 is 2.72 bits per heavy atom. The smallest absolute Gasteiger partial charge is 0.244 e. The highest BCUT2D eigenvalue weighted by atomic mass is 32.2. The van der Waals surface area contributed by atoms with E-state index in [4.69, 9.17) is 10.5 Å². The van der Waals surface area contributed by atoms with E-state index in [1.165, 1.54) is 15.6 Å². The number of ether oxygens (including phenoxy) is 1. The Kier molecular flexibility index (Phi) is 5.74. The quantitative estimate of drug-likeness (QED) is 0.766. The lowest BCUT2D eigenvalue weighted by atomic mass is 10.3. The summed E-state index contributed by atoms with van der Waals surface area (Å²) in [6.45, 7) is 3.03. The van der Waals surface area contributed by atoms with Gasteiger partial charge < -0.3 is 10.5 Å². The minimum atomic E-state index is -3.44. The Hall–Kier alpha value is -0.470. The molecule has 0 radical (unpaired) electrons. The lowest BCUT2D eigenvalue weighted by Gasteiger charge is -2.18. The van der Waals surface area contributed by atoms with E-state index in [0.717, 1.165) is 5.56 Å². The molecule has 1 rings (SSSR count). The molecule has 18 heavy (non-hydrogen) atoms. The second-order valence-corrected chi connectivity index (χ2v) is 6.99. The average molecular weight is 292 g/mol. The Morgan fingerprint density at radius 1 is 1.50 bits per heavy atom. The number of thiophene rings is 1. The fourth-order valence-electron chi connectivity index (χ4n) is 1.68. The highest BCUT2D eigenvalue weighted by molar-refractivity contribution is 7.89. The predicted octanol–water partition coefficient (Wildman–Crippen LogP) is 1.17. The van der Waals surface area contributed by atoms with Crippen LogP contribution in [0.5, 0.6) is 0 Å². The summed E-state index contributed by atoms with van der Waals surface area (Å²) in [6.07, 6.45) is 0.674. The van der Waals surface area contributed by atoms with Crippen LogP contribution in [0.3, 0.4) is 0 Å². The van der Waals surface area contributed by atoms with Gasteiger partial charge in [0.2, 0.25) is 10.0 Å². The van der Waals surface area contributed by atoms with E-state index in [0.29, 0.717) is 29.3 Å². The third-order valence-corrected chi connectivity index (χ3v) is 6.01. The summed E-state index contributed by atoms with van der Waals surface area (Å²) in [7, 11) is -0.254. The van der Waals surface area contributed by atoms with Crippen molar-refractivity contribution < 1.29 is 13.2 Å². The number of nitrogens with two attached hydrogens (primary N) is 1. The van der Waals surface area contributed by atoms with E-state index in [1.807, 2.05) is 5.38 Å². The van der Waals surface area contributed by atoms with Crippen molar-refractivity contribution in [2.45, 2.75) is 24.8 Å². The first-order valence-electron chi connectivity index (χ1n) is 5.67. The molecular formula is C11H20N2O3S2. The van der Waals surface area contributed by atoms with Crippen LogP contribution in [0.2, 0.25) is 0 Å². The van der Waals surface area contributed by atoms with Gasteiger partial charge in [-0.2, -0.15) is 0 Å². The first kappa shape index (κ1) is 15.6. The highest BCUT2D eigenvalue weighted by Gasteiger charge is 2.26. The number of aryl methyl sites for hydroxylation is 1. The molecule has 0 aliphatic carbocycles. The summed E-state index contributed by atoms with van der Waals surface area (Å²) >= 11 is 1.39. The molecule has 1 aromatic rings. The number of nitrogens with zero attached hydrogens (tertiary/aromatic N) is 1. The molecule has 0 fully saturated rings. The molecule has 0 unspecified atom stereocenters. The summed E-state index contributed by atoms with van der Waals surface area (Å²) in [4.78, 5) is 1.08. The van der Waals surface area contributed by atoms with Gasteiger partial charge in [0.15, 0.2) is 0 Å². The third kappa shape index (κ3) is 3.30. The lowest BCUT2D eigenvalue weighted by molar-refractivity contribution is 0.189. The fourth-order valence-corrected chi connectivity index (χ4v) is 4.54. The van der Waals surface area contributed by atoms with Crippen molar-refractivity contribution in [2.75, 3.05) is 27.3 Å². The van der Waals surface area contributed by atoms with E-state index in [-0.39, 0.29) is 6.54 Å². The number of rotatable bonds is 7. The van der Waals surface area contributed by atoms with Gasteiger partial charge in [-0.05, 0) is 24.3 Å². The Bertz CT molecular complexity index is 482. The normalized spacial score (nSPS) is 12.3. The maximum atomic E-state index is 12.4. The molecule has 0 bridgehead atoms. The number of hydrogen-bond donors (Lipinski definition) is 1.